The molecule has 0 bridgehead atoms. The maximum absolute atomic E-state index is 12.8. The summed E-state index contributed by atoms with van der Waals surface area (Å²) < 4.78 is 7.92. The normalized spacial score (nSPS) is 16.5. The van der Waals surface area contributed by atoms with Gasteiger partial charge in [0, 0.05) is 57.2 Å². The number of hydrogen-bond acceptors (Lipinski definition) is 7. The number of carbonyl (C=O) groups excluding carboxylic acids is 1. The maximum Gasteiger partial charge on any atom is 0.251 e. The fourth-order valence-electron chi connectivity index (χ4n) is 5.67. The third-order valence-corrected chi connectivity index (χ3v) is 7.96. The Kier molecular flexibility index (Phi) is 10.5. The van der Waals surface area contributed by atoms with E-state index in [2.05, 4.69) is 38.6 Å². The summed E-state index contributed by atoms with van der Waals surface area (Å²) in [6.45, 7) is 4.93. The van der Waals surface area contributed by atoms with Crippen LogP contribution in [0.5, 0.6) is 5.75 Å². The second-order valence-corrected chi connectivity index (χ2v) is 10.8. The van der Waals surface area contributed by atoms with Gasteiger partial charge in [0.15, 0.2) is 0 Å². The van der Waals surface area contributed by atoms with Gasteiger partial charge >= 0.3 is 0 Å². The zero-order chi connectivity index (χ0) is 27.2. The van der Waals surface area contributed by atoms with Gasteiger partial charge in [0.05, 0.1) is 11.8 Å². The summed E-state index contributed by atoms with van der Waals surface area (Å²) in [5, 5.41) is 21.2. The van der Waals surface area contributed by atoms with Crippen LogP contribution in [0.4, 0.5) is 5.82 Å². The molecular formula is C30H42N6O3S. The van der Waals surface area contributed by atoms with Crippen LogP contribution in [-0.2, 0) is 26.6 Å². The molecular weight excluding hydrogens is 524 g/mol. The second kappa shape index (κ2) is 14.0. The van der Waals surface area contributed by atoms with E-state index in [1.165, 1.54) is 36.0 Å². The minimum Gasteiger partial charge on any atom is -0.487 e. The molecule has 0 unspecified atom stereocenters. The van der Waals surface area contributed by atoms with Gasteiger partial charge in [-0.2, -0.15) is 18.6 Å². The molecule has 40 heavy (non-hydrogen) atoms. The summed E-state index contributed by atoms with van der Waals surface area (Å²) in [6.07, 6.45) is 9.75. The molecule has 1 aromatic carbocycles. The number of aromatic nitrogens is 3. The van der Waals surface area contributed by atoms with Crippen molar-refractivity contribution in [3.8, 4) is 5.75 Å². The highest BCUT2D eigenvalue weighted by atomic mass is 32.1. The third kappa shape index (κ3) is 7.56. The molecule has 9 nitrogen and oxygen atoms in total. The molecule has 5 rings (SSSR count). The van der Waals surface area contributed by atoms with E-state index < -0.39 is 6.10 Å². The summed E-state index contributed by atoms with van der Waals surface area (Å²) in [4.78, 5) is 19.4. The number of aliphatic hydroxyl groups excluding tert-OH is 1. The van der Waals surface area contributed by atoms with Crippen molar-refractivity contribution in [3.63, 3.8) is 0 Å². The summed E-state index contributed by atoms with van der Waals surface area (Å²) in [5.41, 5.74) is 5.35. The van der Waals surface area contributed by atoms with Gasteiger partial charge in [-0.3, -0.25) is 14.4 Å². The number of aryl methyl sites for hydroxylation is 1. The number of aliphatic hydroxyl groups is 1. The minimum absolute atomic E-state index is 0. The molecule has 2 aromatic heterocycles. The molecule has 3 aromatic rings. The number of amides is 1. The Balaban J connectivity index is 0.00000370. The lowest BCUT2D eigenvalue weighted by atomic mass is 9.94. The molecule has 1 aliphatic carbocycles. The van der Waals surface area contributed by atoms with Crippen molar-refractivity contribution in [2.75, 3.05) is 25.0 Å². The van der Waals surface area contributed by atoms with Crippen LogP contribution in [0, 0.1) is 6.92 Å². The fraction of sp³-hybridized carbons (Fsp3) is 0.500. The second-order valence-electron chi connectivity index (χ2n) is 10.8. The van der Waals surface area contributed by atoms with Crippen LogP contribution in [0.2, 0.25) is 0 Å². The summed E-state index contributed by atoms with van der Waals surface area (Å²) >= 11 is 0. The zero-order valence-corrected chi connectivity index (χ0v) is 24.5. The van der Waals surface area contributed by atoms with Crippen LogP contribution in [0.15, 0.2) is 42.7 Å². The first-order chi connectivity index (χ1) is 19.0. The Hall–Kier alpha value is -3.08. The van der Waals surface area contributed by atoms with Crippen molar-refractivity contribution in [2.24, 2.45) is 7.05 Å². The van der Waals surface area contributed by atoms with Crippen LogP contribution in [0.1, 0.15) is 64.8 Å². The molecule has 10 heteroatoms. The van der Waals surface area contributed by atoms with Crippen molar-refractivity contribution in [2.45, 2.75) is 70.7 Å². The van der Waals surface area contributed by atoms with Gasteiger partial charge in [0.25, 0.3) is 5.91 Å². The number of rotatable bonds is 10. The Morgan fingerprint density at radius 3 is 2.77 bits per heavy atom. The van der Waals surface area contributed by atoms with E-state index >= 15 is 0 Å². The number of carbonyl (C=O) groups is 1. The lowest BCUT2D eigenvalue weighted by molar-refractivity contribution is 0.0841. The molecule has 1 aliphatic heterocycles. The molecule has 1 fully saturated rings. The van der Waals surface area contributed by atoms with Gasteiger partial charge in [-0.25, -0.2) is 4.98 Å². The van der Waals surface area contributed by atoms with Gasteiger partial charge in [-0.1, -0.05) is 25.3 Å². The Bertz CT molecular complexity index is 1280. The van der Waals surface area contributed by atoms with E-state index in [1.807, 2.05) is 23.9 Å². The van der Waals surface area contributed by atoms with E-state index in [-0.39, 0.29) is 25.9 Å². The van der Waals surface area contributed by atoms with Crippen molar-refractivity contribution >= 4 is 25.2 Å². The largest absolute Gasteiger partial charge is 0.487 e. The Morgan fingerprint density at radius 1 is 1.18 bits per heavy atom. The number of pyridine rings is 1. The van der Waals surface area contributed by atoms with Crippen LogP contribution < -0.4 is 15.4 Å². The molecule has 1 atom stereocenters. The van der Waals surface area contributed by atoms with Gasteiger partial charge in [-0.05, 0) is 67.1 Å². The monoisotopic (exact) mass is 566 g/mol. The van der Waals surface area contributed by atoms with Crippen LogP contribution in [-0.4, -0.2) is 62.5 Å². The predicted molar refractivity (Wildman–Crippen MR) is 161 cm³/mol. The average molecular weight is 567 g/mol. The predicted octanol–water partition coefficient (Wildman–Crippen LogP) is 3.71. The zero-order valence-electron chi connectivity index (χ0n) is 23.5. The van der Waals surface area contributed by atoms with Crippen molar-refractivity contribution in [3.05, 3.63) is 70.7 Å². The topological polar surface area (TPSA) is 105 Å². The first kappa shape index (κ1) is 29.9. The number of β-amino-alcohol motifs (C(OH)–C–C–N with tert-alkyl or cyclic N) is 1. The first-order valence-corrected chi connectivity index (χ1v) is 14.1. The molecule has 1 saturated carbocycles. The van der Waals surface area contributed by atoms with Crippen LogP contribution in [0.25, 0.3) is 0 Å². The quantitative estimate of drug-likeness (QED) is 0.344. The lowest BCUT2D eigenvalue weighted by Crippen LogP contribution is -2.42. The molecule has 3 N–H and O–H groups in total. The standard InChI is InChI=1S/C30H40N6O3.H2S/c1-21-27-12-15-36(18-23(27)8-9-28(21)39-20-25-11-14-33-35(25)2)19-26(37)17-32-30(38)22-10-13-31-29(16-22)34-24-6-4-3-5-7-24;/h8-11,13-14,16,24,26,37H,3-7,12,15,17-20H2,1-2H3,(H,31,34)(H,32,38);1H2/t26-;/m0./s1. The number of nitrogens with one attached hydrogen (secondary N) is 2. The summed E-state index contributed by atoms with van der Waals surface area (Å²) in [6, 6.07) is 10.1. The lowest BCUT2D eigenvalue weighted by Gasteiger charge is -2.31. The number of anilines is 1. The van der Waals surface area contributed by atoms with E-state index in [0.29, 0.717) is 24.8 Å². The van der Waals surface area contributed by atoms with E-state index in [0.717, 1.165) is 49.6 Å². The number of hydrogen-bond donors (Lipinski definition) is 3. The molecule has 216 valence electrons. The van der Waals surface area contributed by atoms with Crippen molar-refractivity contribution in [1.29, 1.82) is 0 Å². The maximum atomic E-state index is 12.8. The van der Waals surface area contributed by atoms with Crippen LogP contribution in [0.3, 0.4) is 0 Å². The molecule has 0 spiro atoms. The Morgan fingerprint density at radius 2 is 2.00 bits per heavy atom. The van der Waals surface area contributed by atoms with Crippen LogP contribution >= 0.6 is 13.5 Å². The Labute approximate surface area is 243 Å². The summed E-state index contributed by atoms with van der Waals surface area (Å²) in [5.74, 6) is 1.45. The minimum atomic E-state index is -0.653. The molecule has 3 heterocycles. The van der Waals surface area contributed by atoms with Gasteiger partial charge in [0.2, 0.25) is 0 Å². The van der Waals surface area contributed by atoms with Crippen molar-refractivity contribution < 1.29 is 14.6 Å². The van der Waals surface area contributed by atoms with Gasteiger partial charge in [-0.15, -0.1) is 0 Å². The molecule has 2 aliphatic rings. The highest BCUT2D eigenvalue weighted by molar-refractivity contribution is 7.59. The number of nitrogens with zero attached hydrogens (tertiary/aromatic N) is 4. The number of fused-ring (bicyclic) bond motifs is 1. The van der Waals surface area contributed by atoms with Gasteiger partial charge < -0.3 is 20.5 Å². The molecule has 0 saturated heterocycles. The summed E-state index contributed by atoms with van der Waals surface area (Å²) in [7, 11) is 1.91. The SMILES string of the molecule is Cc1c(OCc2ccnn2C)ccc2c1CCN(C[C@@H](O)CNC(=O)c1ccnc(NC3CCCCC3)c1)C2.S. The highest BCUT2D eigenvalue weighted by Crippen LogP contribution is 2.30. The van der Waals surface area contributed by atoms with E-state index in [9.17, 15) is 9.90 Å². The molecule has 0 radical (unpaired) electrons. The third-order valence-electron chi connectivity index (χ3n) is 7.96. The van der Waals surface area contributed by atoms with E-state index in [4.69, 9.17) is 4.74 Å². The number of ether oxygens (including phenoxy) is 1. The smallest absolute Gasteiger partial charge is 0.251 e. The fourth-order valence-corrected chi connectivity index (χ4v) is 5.67. The van der Waals surface area contributed by atoms with Gasteiger partial charge in [0.1, 0.15) is 18.2 Å². The first-order valence-electron chi connectivity index (χ1n) is 14.1. The highest BCUT2D eigenvalue weighted by Gasteiger charge is 2.22. The number of benzene rings is 1. The average Bonchev–Trinajstić information content (AvgIpc) is 3.36. The van der Waals surface area contributed by atoms with E-state index in [1.54, 1.807) is 24.5 Å². The molecule has 1 amide bonds. The van der Waals surface area contributed by atoms with Crippen molar-refractivity contribution in [1.82, 2.24) is 25.0 Å².